The number of aliphatic imine (C=N–C) groups is 1. The van der Waals surface area contributed by atoms with E-state index in [9.17, 15) is 4.79 Å². The average molecular weight is 345 g/mol. The molecule has 6 nitrogen and oxygen atoms in total. The Hall–Kier alpha value is -2.41. The van der Waals surface area contributed by atoms with E-state index >= 15 is 0 Å². The van der Waals surface area contributed by atoms with Crippen molar-refractivity contribution in [3.05, 3.63) is 51.5 Å². The summed E-state index contributed by atoms with van der Waals surface area (Å²) in [5, 5.41) is 10.3. The third-order valence-corrected chi connectivity index (χ3v) is 4.20. The van der Waals surface area contributed by atoms with Gasteiger partial charge in [-0.3, -0.25) is 9.79 Å². The van der Waals surface area contributed by atoms with Crippen molar-refractivity contribution in [2.45, 2.75) is 20.4 Å². The van der Waals surface area contributed by atoms with Gasteiger partial charge in [0.1, 0.15) is 5.01 Å². The Kier molecular flexibility index (Phi) is 6.74. The predicted octanol–water partition coefficient (Wildman–Crippen LogP) is 1.85. The van der Waals surface area contributed by atoms with Crippen LogP contribution in [0.5, 0.6) is 0 Å². The summed E-state index contributed by atoms with van der Waals surface area (Å²) in [4.78, 5) is 21.7. The summed E-state index contributed by atoms with van der Waals surface area (Å²) in [5.74, 6) is 0.620. The number of hydrogen-bond donors (Lipinski definition) is 3. The van der Waals surface area contributed by atoms with E-state index in [-0.39, 0.29) is 5.91 Å². The molecule has 3 N–H and O–H groups in total. The molecule has 1 aromatic carbocycles. The van der Waals surface area contributed by atoms with Crippen LogP contribution in [0.4, 0.5) is 0 Å². The van der Waals surface area contributed by atoms with Gasteiger partial charge in [0.25, 0.3) is 5.91 Å². The lowest BCUT2D eigenvalue weighted by atomic mass is 10.1. The second-order valence-corrected chi connectivity index (χ2v) is 6.66. The molecule has 0 aliphatic carbocycles. The molecule has 24 heavy (non-hydrogen) atoms. The largest absolute Gasteiger partial charge is 0.355 e. The standard InChI is InChI=1S/C17H23N5OS/c1-12-5-4-6-14(9-12)16(23)19-7-8-20-17(18-3)22-11-15-21-10-13(2)24-15/h4-6,9-10H,7-8,11H2,1-3H3,(H,19,23)(H2,18,20,22). The highest BCUT2D eigenvalue weighted by atomic mass is 32.1. The number of aryl methyl sites for hydroxylation is 2. The number of hydrogen-bond acceptors (Lipinski definition) is 4. The highest BCUT2D eigenvalue weighted by Crippen LogP contribution is 2.10. The number of benzene rings is 1. The van der Waals surface area contributed by atoms with Gasteiger partial charge >= 0.3 is 0 Å². The van der Waals surface area contributed by atoms with Gasteiger partial charge in [-0.15, -0.1) is 11.3 Å². The number of amides is 1. The lowest BCUT2D eigenvalue weighted by Crippen LogP contribution is -2.41. The molecule has 0 atom stereocenters. The Morgan fingerprint density at radius 1 is 1.21 bits per heavy atom. The number of carbonyl (C=O) groups is 1. The Labute approximate surface area is 146 Å². The molecule has 2 rings (SSSR count). The number of nitrogens with zero attached hydrogens (tertiary/aromatic N) is 2. The molecule has 0 aliphatic rings. The molecule has 0 radical (unpaired) electrons. The monoisotopic (exact) mass is 345 g/mol. The topological polar surface area (TPSA) is 78.4 Å². The summed E-state index contributed by atoms with van der Waals surface area (Å²) in [6, 6.07) is 7.54. The minimum atomic E-state index is -0.0679. The van der Waals surface area contributed by atoms with Crippen molar-refractivity contribution in [3.63, 3.8) is 0 Å². The Morgan fingerprint density at radius 3 is 2.67 bits per heavy atom. The molecule has 0 aliphatic heterocycles. The number of thiazole rings is 1. The number of aromatic nitrogens is 1. The molecule has 0 saturated carbocycles. The summed E-state index contributed by atoms with van der Waals surface area (Å²) in [6.45, 7) is 5.74. The highest BCUT2D eigenvalue weighted by molar-refractivity contribution is 7.11. The van der Waals surface area contributed by atoms with E-state index in [1.807, 2.05) is 44.3 Å². The van der Waals surface area contributed by atoms with Crippen molar-refractivity contribution < 1.29 is 4.79 Å². The lowest BCUT2D eigenvalue weighted by Gasteiger charge is -2.11. The highest BCUT2D eigenvalue weighted by Gasteiger charge is 2.05. The third-order valence-electron chi connectivity index (χ3n) is 3.28. The van der Waals surface area contributed by atoms with Crippen LogP contribution in [0.3, 0.4) is 0 Å². The molecular weight excluding hydrogens is 322 g/mol. The second kappa shape index (κ2) is 9.02. The number of nitrogens with one attached hydrogen (secondary N) is 3. The van der Waals surface area contributed by atoms with E-state index in [4.69, 9.17) is 0 Å². The fourth-order valence-corrected chi connectivity index (χ4v) is 2.84. The molecular formula is C17H23N5OS. The fraction of sp³-hybridized carbons (Fsp3) is 0.353. The first-order chi connectivity index (χ1) is 11.6. The van der Waals surface area contributed by atoms with E-state index in [2.05, 4.69) is 25.9 Å². The van der Waals surface area contributed by atoms with Crippen LogP contribution >= 0.6 is 11.3 Å². The zero-order chi connectivity index (χ0) is 17.4. The van der Waals surface area contributed by atoms with Crippen LogP contribution in [0.25, 0.3) is 0 Å². The molecule has 1 aromatic heterocycles. The molecule has 128 valence electrons. The van der Waals surface area contributed by atoms with Crippen LogP contribution in [0, 0.1) is 13.8 Å². The Morgan fingerprint density at radius 2 is 2.00 bits per heavy atom. The third kappa shape index (κ3) is 5.66. The fourth-order valence-electron chi connectivity index (χ4n) is 2.11. The number of guanidine groups is 1. The van der Waals surface area contributed by atoms with Crippen LogP contribution < -0.4 is 16.0 Å². The van der Waals surface area contributed by atoms with Crippen LogP contribution in [-0.4, -0.2) is 37.0 Å². The maximum absolute atomic E-state index is 12.0. The Balaban J connectivity index is 1.69. The number of rotatable bonds is 6. The quantitative estimate of drug-likeness (QED) is 0.424. The van der Waals surface area contributed by atoms with Crippen LogP contribution in [-0.2, 0) is 6.54 Å². The zero-order valence-electron chi connectivity index (χ0n) is 14.2. The van der Waals surface area contributed by atoms with E-state index in [1.165, 1.54) is 4.88 Å². The molecule has 0 fully saturated rings. The van der Waals surface area contributed by atoms with Gasteiger partial charge in [0.2, 0.25) is 0 Å². The number of carbonyl (C=O) groups excluding carboxylic acids is 1. The molecule has 0 bridgehead atoms. The summed E-state index contributed by atoms with van der Waals surface area (Å²) in [5.41, 5.74) is 1.75. The molecule has 7 heteroatoms. The summed E-state index contributed by atoms with van der Waals surface area (Å²) in [6.07, 6.45) is 1.86. The van der Waals surface area contributed by atoms with Gasteiger partial charge in [-0.1, -0.05) is 17.7 Å². The molecule has 0 unspecified atom stereocenters. The van der Waals surface area contributed by atoms with Crippen LogP contribution in [0.15, 0.2) is 35.5 Å². The van der Waals surface area contributed by atoms with Crippen molar-refractivity contribution in [3.8, 4) is 0 Å². The van der Waals surface area contributed by atoms with E-state index < -0.39 is 0 Å². The maximum atomic E-state index is 12.0. The van der Waals surface area contributed by atoms with Crippen LogP contribution in [0.2, 0.25) is 0 Å². The van der Waals surface area contributed by atoms with Crippen molar-refractivity contribution >= 4 is 23.2 Å². The van der Waals surface area contributed by atoms with Gasteiger partial charge in [0, 0.05) is 36.8 Å². The van der Waals surface area contributed by atoms with E-state index in [0.717, 1.165) is 10.6 Å². The predicted molar refractivity (Wildman–Crippen MR) is 98.6 cm³/mol. The molecule has 1 heterocycles. The first-order valence-corrected chi connectivity index (χ1v) is 8.61. The average Bonchev–Trinajstić information content (AvgIpc) is 2.99. The van der Waals surface area contributed by atoms with Crippen molar-refractivity contribution in [1.29, 1.82) is 0 Å². The zero-order valence-corrected chi connectivity index (χ0v) is 15.0. The summed E-state index contributed by atoms with van der Waals surface area (Å²) < 4.78 is 0. The smallest absolute Gasteiger partial charge is 0.251 e. The van der Waals surface area contributed by atoms with E-state index in [1.54, 1.807) is 18.4 Å². The normalized spacial score (nSPS) is 11.2. The van der Waals surface area contributed by atoms with Gasteiger partial charge in [-0.05, 0) is 26.0 Å². The summed E-state index contributed by atoms with van der Waals surface area (Å²) >= 11 is 1.66. The van der Waals surface area contributed by atoms with Gasteiger partial charge in [0.05, 0.1) is 6.54 Å². The van der Waals surface area contributed by atoms with Crippen LogP contribution in [0.1, 0.15) is 25.8 Å². The molecule has 1 amide bonds. The molecule has 2 aromatic rings. The van der Waals surface area contributed by atoms with E-state index in [0.29, 0.717) is 31.2 Å². The Bertz CT molecular complexity index is 711. The van der Waals surface area contributed by atoms with Gasteiger partial charge in [-0.2, -0.15) is 0 Å². The first-order valence-electron chi connectivity index (χ1n) is 7.79. The van der Waals surface area contributed by atoms with Crippen molar-refractivity contribution in [1.82, 2.24) is 20.9 Å². The minimum absolute atomic E-state index is 0.0679. The molecule has 0 saturated heterocycles. The first kappa shape index (κ1) is 17.9. The molecule has 0 spiro atoms. The van der Waals surface area contributed by atoms with Gasteiger partial charge in [-0.25, -0.2) is 4.98 Å². The summed E-state index contributed by atoms with van der Waals surface area (Å²) in [7, 11) is 1.72. The van der Waals surface area contributed by atoms with Crippen molar-refractivity contribution in [2.75, 3.05) is 20.1 Å². The van der Waals surface area contributed by atoms with Gasteiger partial charge < -0.3 is 16.0 Å². The van der Waals surface area contributed by atoms with Gasteiger partial charge in [0.15, 0.2) is 5.96 Å². The van der Waals surface area contributed by atoms with Crippen molar-refractivity contribution in [2.24, 2.45) is 4.99 Å². The SMILES string of the molecule is CN=C(NCCNC(=O)c1cccc(C)c1)NCc1ncc(C)s1. The lowest BCUT2D eigenvalue weighted by molar-refractivity contribution is 0.0954. The maximum Gasteiger partial charge on any atom is 0.251 e. The minimum Gasteiger partial charge on any atom is -0.355 e. The second-order valence-electron chi connectivity index (χ2n) is 5.34.